The molecule has 4 heteroatoms. The number of carbonyl (C=O) groups excluding carboxylic acids is 1. The fourth-order valence-corrected chi connectivity index (χ4v) is 1.51. The Morgan fingerprint density at radius 3 is 2.94 bits per heavy atom. The Morgan fingerprint density at radius 2 is 2.22 bits per heavy atom. The molecule has 1 rings (SSSR count). The number of ether oxygens (including phenoxy) is 2. The molecule has 0 saturated carbocycles. The van der Waals surface area contributed by atoms with Gasteiger partial charge in [-0.25, -0.2) is 0 Å². The van der Waals surface area contributed by atoms with Gasteiger partial charge in [0, 0.05) is 6.54 Å². The summed E-state index contributed by atoms with van der Waals surface area (Å²) >= 11 is 0. The van der Waals surface area contributed by atoms with Gasteiger partial charge in [-0.2, -0.15) is 0 Å². The summed E-state index contributed by atoms with van der Waals surface area (Å²) in [6, 6.07) is 7.88. The molecular formula is C14H21NO3. The van der Waals surface area contributed by atoms with E-state index in [0.29, 0.717) is 6.61 Å². The van der Waals surface area contributed by atoms with Crippen molar-refractivity contribution in [2.45, 2.75) is 26.3 Å². The van der Waals surface area contributed by atoms with Crippen molar-refractivity contribution in [3.8, 4) is 5.75 Å². The van der Waals surface area contributed by atoms with E-state index in [0.717, 1.165) is 25.3 Å². The molecule has 1 aromatic rings. The largest absolute Gasteiger partial charge is 0.493 e. The molecule has 0 unspecified atom stereocenters. The number of hydrogen-bond acceptors (Lipinski definition) is 4. The summed E-state index contributed by atoms with van der Waals surface area (Å²) in [6.45, 7) is 4.33. The molecule has 0 aromatic heterocycles. The summed E-state index contributed by atoms with van der Waals surface area (Å²) < 4.78 is 10.0. The van der Waals surface area contributed by atoms with Crippen molar-refractivity contribution in [1.29, 1.82) is 0 Å². The topological polar surface area (TPSA) is 47.6 Å². The second kappa shape index (κ2) is 8.53. The number of nitrogens with one attached hydrogen (secondary N) is 1. The summed E-state index contributed by atoms with van der Waals surface area (Å²) in [4.78, 5) is 10.9. The third-order valence-electron chi connectivity index (χ3n) is 2.46. The van der Waals surface area contributed by atoms with Crippen LogP contribution in [0.2, 0.25) is 0 Å². The molecule has 0 saturated heterocycles. The van der Waals surface area contributed by atoms with Crippen molar-refractivity contribution in [3.63, 3.8) is 0 Å². The van der Waals surface area contributed by atoms with Crippen LogP contribution in [-0.2, 0) is 16.1 Å². The smallest absolute Gasteiger partial charge is 0.308 e. The lowest BCUT2D eigenvalue weighted by Gasteiger charge is -2.08. The number of rotatable bonds is 8. The van der Waals surface area contributed by atoms with E-state index in [-0.39, 0.29) is 12.4 Å². The van der Waals surface area contributed by atoms with Crippen LogP contribution in [0.25, 0.3) is 0 Å². The first-order chi connectivity index (χ1) is 8.76. The van der Waals surface area contributed by atoms with Crippen molar-refractivity contribution < 1.29 is 14.3 Å². The number of benzene rings is 1. The fraction of sp³-hybridized carbons (Fsp3) is 0.500. The van der Waals surface area contributed by atoms with E-state index < -0.39 is 0 Å². The quantitative estimate of drug-likeness (QED) is 0.568. The molecular weight excluding hydrogens is 230 g/mol. The van der Waals surface area contributed by atoms with E-state index in [4.69, 9.17) is 4.74 Å². The first-order valence-corrected chi connectivity index (χ1v) is 6.25. The maximum Gasteiger partial charge on any atom is 0.308 e. The molecule has 1 N–H and O–H groups in total. The van der Waals surface area contributed by atoms with Gasteiger partial charge >= 0.3 is 5.97 Å². The molecule has 100 valence electrons. The zero-order valence-electron chi connectivity index (χ0n) is 11.1. The number of hydrogen-bond donors (Lipinski definition) is 1. The summed E-state index contributed by atoms with van der Waals surface area (Å²) in [5, 5.41) is 3.33. The highest BCUT2D eigenvalue weighted by Crippen LogP contribution is 2.13. The highest BCUT2D eigenvalue weighted by molar-refractivity contribution is 5.69. The van der Waals surface area contributed by atoms with Gasteiger partial charge in [0.25, 0.3) is 0 Å². The molecule has 0 bridgehead atoms. The predicted molar refractivity (Wildman–Crippen MR) is 70.6 cm³/mol. The standard InChI is InChI=1S/C14H21NO3/c1-3-8-15-11-12-5-4-6-13(10-12)18-9-7-14(16)17-2/h4-6,10,15H,3,7-9,11H2,1-2H3. The lowest BCUT2D eigenvalue weighted by molar-refractivity contribution is -0.141. The Kier molecular flexibility index (Phi) is 6.87. The lowest BCUT2D eigenvalue weighted by atomic mass is 10.2. The molecule has 0 heterocycles. The Labute approximate surface area is 108 Å². The summed E-state index contributed by atoms with van der Waals surface area (Å²) in [7, 11) is 1.38. The third-order valence-corrected chi connectivity index (χ3v) is 2.46. The minimum Gasteiger partial charge on any atom is -0.493 e. The van der Waals surface area contributed by atoms with E-state index in [2.05, 4.69) is 23.0 Å². The van der Waals surface area contributed by atoms with Crippen LogP contribution in [0.4, 0.5) is 0 Å². The Hall–Kier alpha value is -1.55. The van der Waals surface area contributed by atoms with Gasteiger partial charge in [0.2, 0.25) is 0 Å². The van der Waals surface area contributed by atoms with Gasteiger partial charge in [0.05, 0.1) is 20.1 Å². The maximum atomic E-state index is 10.9. The molecule has 0 spiro atoms. The number of carbonyl (C=O) groups is 1. The van der Waals surface area contributed by atoms with Crippen LogP contribution in [-0.4, -0.2) is 26.2 Å². The maximum absolute atomic E-state index is 10.9. The minimum absolute atomic E-state index is 0.254. The molecule has 0 fully saturated rings. The van der Waals surface area contributed by atoms with Crippen molar-refractivity contribution in [3.05, 3.63) is 29.8 Å². The average molecular weight is 251 g/mol. The average Bonchev–Trinajstić information content (AvgIpc) is 2.39. The highest BCUT2D eigenvalue weighted by atomic mass is 16.5. The van der Waals surface area contributed by atoms with Crippen LogP contribution in [0.1, 0.15) is 25.3 Å². The van der Waals surface area contributed by atoms with Crippen LogP contribution in [0.3, 0.4) is 0 Å². The van der Waals surface area contributed by atoms with Gasteiger partial charge in [-0.05, 0) is 30.7 Å². The third kappa shape index (κ3) is 5.68. The van der Waals surface area contributed by atoms with Gasteiger partial charge in [0.15, 0.2) is 0 Å². The number of methoxy groups -OCH3 is 1. The zero-order chi connectivity index (χ0) is 13.2. The van der Waals surface area contributed by atoms with Gasteiger partial charge < -0.3 is 14.8 Å². The molecule has 0 aliphatic rings. The van der Waals surface area contributed by atoms with Crippen LogP contribution < -0.4 is 10.1 Å². The van der Waals surface area contributed by atoms with Crippen LogP contribution in [0.15, 0.2) is 24.3 Å². The van der Waals surface area contributed by atoms with E-state index in [1.165, 1.54) is 12.7 Å². The lowest BCUT2D eigenvalue weighted by Crippen LogP contribution is -2.13. The summed E-state index contributed by atoms with van der Waals surface area (Å²) in [6.07, 6.45) is 1.39. The van der Waals surface area contributed by atoms with Crippen molar-refractivity contribution in [2.75, 3.05) is 20.3 Å². The second-order valence-electron chi connectivity index (χ2n) is 4.00. The zero-order valence-corrected chi connectivity index (χ0v) is 11.1. The van der Waals surface area contributed by atoms with E-state index >= 15 is 0 Å². The monoisotopic (exact) mass is 251 g/mol. The van der Waals surface area contributed by atoms with Gasteiger partial charge in [-0.1, -0.05) is 19.1 Å². The van der Waals surface area contributed by atoms with E-state index in [1.54, 1.807) is 0 Å². The molecule has 4 nitrogen and oxygen atoms in total. The Balaban J connectivity index is 2.36. The SMILES string of the molecule is CCCNCc1cccc(OCCC(=O)OC)c1. The predicted octanol–water partition coefficient (Wildman–Crippen LogP) is 2.13. The fourth-order valence-electron chi connectivity index (χ4n) is 1.51. The molecule has 0 aliphatic heterocycles. The summed E-state index contributed by atoms with van der Waals surface area (Å²) in [5.41, 5.74) is 1.18. The molecule has 0 radical (unpaired) electrons. The van der Waals surface area contributed by atoms with E-state index in [9.17, 15) is 4.79 Å². The van der Waals surface area contributed by atoms with Crippen molar-refractivity contribution in [1.82, 2.24) is 5.32 Å². The second-order valence-corrected chi connectivity index (χ2v) is 4.00. The molecule has 18 heavy (non-hydrogen) atoms. The van der Waals surface area contributed by atoms with Crippen molar-refractivity contribution >= 4 is 5.97 Å². The Bertz CT molecular complexity index is 366. The molecule has 0 atom stereocenters. The van der Waals surface area contributed by atoms with E-state index in [1.807, 2.05) is 18.2 Å². The molecule has 1 aromatic carbocycles. The van der Waals surface area contributed by atoms with Crippen molar-refractivity contribution in [2.24, 2.45) is 0 Å². The molecule has 0 amide bonds. The first kappa shape index (κ1) is 14.5. The van der Waals surface area contributed by atoms with Crippen LogP contribution >= 0.6 is 0 Å². The Morgan fingerprint density at radius 1 is 1.39 bits per heavy atom. The molecule has 0 aliphatic carbocycles. The van der Waals surface area contributed by atoms with Crippen LogP contribution in [0, 0.1) is 0 Å². The van der Waals surface area contributed by atoms with Gasteiger partial charge in [-0.3, -0.25) is 4.79 Å². The highest BCUT2D eigenvalue weighted by Gasteiger charge is 2.01. The normalized spacial score (nSPS) is 10.1. The van der Waals surface area contributed by atoms with Crippen LogP contribution in [0.5, 0.6) is 5.75 Å². The van der Waals surface area contributed by atoms with Gasteiger partial charge in [0.1, 0.15) is 5.75 Å². The van der Waals surface area contributed by atoms with Gasteiger partial charge in [-0.15, -0.1) is 0 Å². The number of esters is 1. The summed E-state index contributed by atoms with van der Waals surface area (Å²) in [5.74, 6) is 0.533. The minimum atomic E-state index is -0.254. The first-order valence-electron chi connectivity index (χ1n) is 6.25.